The summed E-state index contributed by atoms with van der Waals surface area (Å²) < 4.78 is 19.1. The zero-order valence-corrected chi connectivity index (χ0v) is 17.2. The van der Waals surface area contributed by atoms with Gasteiger partial charge in [-0.2, -0.15) is 0 Å². The lowest BCUT2D eigenvalue weighted by molar-refractivity contribution is 0.101. The van der Waals surface area contributed by atoms with Crippen LogP contribution in [0.15, 0.2) is 54.9 Å². The summed E-state index contributed by atoms with van der Waals surface area (Å²) in [7, 11) is 1.52. The van der Waals surface area contributed by atoms with Crippen LogP contribution in [0.5, 0.6) is 5.75 Å². The summed E-state index contributed by atoms with van der Waals surface area (Å²) in [5.41, 5.74) is 3.19. The van der Waals surface area contributed by atoms with Crippen molar-refractivity contribution in [3.05, 3.63) is 82.9 Å². The molecule has 158 valence electrons. The van der Waals surface area contributed by atoms with Gasteiger partial charge in [-0.3, -0.25) is 14.6 Å². The van der Waals surface area contributed by atoms with Crippen LogP contribution in [0.4, 0.5) is 15.8 Å². The molecule has 1 aromatic heterocycles. The number of rotatable bonds is 6. The number of hydrogen-bond acceptors (Lipinski definition) is 4. The summed E-state index contributed by atoms with van der Waals surface area (Å²) in [4.78, 5) is 29.5. The second-order valence-electron chi connectivity index (χ2n) is 7.60. The van der Waals surface area contributed by atoms with E-state index in [4.69, 9.17) is 4.74 Å². The molecule has 2 aromatic carbocycles. The molecule has 2 N–H and O–H groups in total. The highest BCUT2D eigenvalue weighted by molar-refractivity contribution is 6.08. The number of aryl methyl sites for hydroxylation is 1. The zero-order valence-electron chi connectivity index (χ0n) is 17.2. The Balaban J connectivity index is 1.52. The number of anilines is 2. The Morgan fingerprint density at radius 2 is 1.77 bits per heavy atom. The molecule has 0 radical (unpaired) electrons. The molecule has 6 nitrogen and oxygen atoms in total. The first-order chi connectivity index (χ1) is 14.9. The predicted octanol–water partition coefficient (Wildman–Crippen LogP) is 4.92. The number of halogens is 1. The molecule has 0 bridgehead atoms. The van der Waals surface area contributed by atoms with Crippen molar-refractivity contribution in [1.29, 1.82) is 0 Å². The van der Waals surface area contributed by atoms with Gasteiger partial charge in [-0.05, 0) is 67.1 Å². The van der Waals surface area contributed by atoms with E-state index in [1.165, 1.54) is 31.6 Å². The van der Waals surface area contributed by atoms with Gasteiger partial charge in [0.25, 0.3) is 11.8 Å². The first kappa shape index (κ1) is 20.5. The third-order valence-electron chi connectivity index (χ3n) is 5.18. The van der Waals surface area contributed by atoms with E-state index in [9.17, 15) is 14.0 Å². The van der Waals surface area contributed by atoms with Crippen LogP contribution in [0.2, 0.25) is 0 Å². The van der Waals surface area contributed by atoms with E-state index in [2.05, 4.69) is 15.6 Å². The zero-order chi connectivity index (χ0) is 22.0. The number of amides is 2. The Morgan fingerprint density at radius 3 is 2.52 bits per heavy atom. The van der Waals surface area contributed by atoms with E-state index in [0.29, 0.717) is 28.6 Å². The molecule has 31 heavy (non-hydrogen) atoms. The third kappa shape index (κ3) is 4.88. The van der Waals surface area contributed by atoms with E-state index < -0.39 is 11.7 Å². The second-order valence-corrected chi connectivity index (χ2v) is 7.60. The fourth-order valence-corrected chi connectivity index (χ4v) is 3.34. The van der Waals surface area contributed by atoms with E-state index >= 15 is 0 Å². The van der Waals surface area contributed by atoms with Gasteiger partial charge in [0.1, 0.15) is 11.6 Å². The summed E-state index contributed by atoms with van der Waals surface area (Å²) in [6.07, 6.45) is 5.09. The van der Waals surface area contributed by atoms with Crippen molar-refractivity contribution in [1.82, 2.24) is 4.98 Å². The molecule has 0 aliphatic heterocycles. The van der Waals surface area contributed by atoms with Gasteiger partial charge in [-0.25, -0.2) is 4.39 Å². The van der Waals surface area contributed by atoms with Crippen LogP contribution < -0.4 is 15.4 Å². The molecule has 4 rings (SSSR count). The van der Waals surface area contributed by atoms with Gasteiger partial charge < -0.3 is 15.4 Å². The number of carbonyl (C=O) groups excluding carboxylic acids is 2. The normalized spacial score (nSPS) is 12.9. The first-order valence-electron chi connectivity index (χ1n) is 9.96. The smallest absolute Gasteiger partial charge is 0.256 e. The quantitative estimate of drug-likeness (QED) is 0.594. The maximum atomic E-state index is 14.0. The van der Waals surface area contributed by atoms with E-state index in [1.807, 2.05) is 0 Å². The topological polar surface area (TPSA) is 80.3 Å². The predicted molar refractivity (Wildman–Crippen MR) is 116 cm³/mol. The van der Waals surface area contributed by atoms with Crippen LogP contribution in [-0.2, 0) is 0 Å². The van der Waals surface area contributed by atoms with Crippen molar-refractivity contribution in [2.24, 2.45) is 0 Å². The summed E-state index contributed by atoms with van der Waals surface area (Å²) in [5, 5.41) is 5.54. The van der Waals surface area contributed by atoms with Crippen LogP contribution in [0.3, 0.4) is 0 Å². The number of benzene rings is 2. The molecule has 0 atom stereocenters. The van der Waals surface area contributed by atoms with Crippen LogP contribution in [-0.4, -0.2) is 23.9 Å². The minimum absolute atomic E-state index is 0.260. The Hall–Kier alpha value is -3.74. The molecular weight excluding hydrogens is 397 g/mol. The lowest BCUT2D eigenvalue weighted by atomic mass is 10.0. The fraction of sp³-hybridized carbons (Fsp3) is 0.208. The fourth-order valence-electron chi connectivity index (χ4n) is 3.34. The molecule has 0 saturated heterocycles. The van der Waals surface area contributed by atoms with Crippen LogP contribution in [0.1, 0.15) is 50.6 Å². The second kappa shape index (κ2) is 8.55. The van der Waals surface area contributed by atoms with Gasteiger partial charge in [-0.15, -0.1) is 0 Å². The molecule has 1 heterocycles. The highest BCUT2D eigenvalue weighted by Gasteiger charge is 2.25. The Morgan fingerprint density at radius 1 is 1.00 bits per heavy atom. The average Bonchev–Trinajstić information content (AvgIpc) is 3.60. The van der Waals surface area contributed by atoms with E-state index in [1.54, 1.807) is 37.3 Å². The maximum Gasteiger partial charge on any atom is 0.256 e. The molecule has 2 amide bonds. The summed E-state index contributed by atoms with van der Waals surface area (Å²) in [5.74, 6) is -0.330. The maximum absolute atomic E-state index is 14.0. The molecule has 7 heteroatoms. The van der Waals surface area contributed by atoms with Crippen molar-refractivity contribution in [2.45, 2.75) is 25.7 Å². The van der Waals surface area contributed by atoms with Gasteiger partial charge in [0, 0.05) is 22.9 Å². The lowest BCUT2D eigenvalue weighted by Gasteiger charge is -2.12. The van der Waals surface area contributed by atoms with Crippen molar-refractivity contribution in [3.63, 3.8) is 0 Å². The number of pyridine rings is 1. The van der Waals surface area contributed by atoms with Crippen molar-refractivity contribution in [3.8, 4) is 5.75 Å². The number of methoxy groups -OCH3 is 1. The summed E-state index contributed by atoms with van der Waals surface area (Å²) in [6.45, 7) is 1.80. The minimum Gasteiger partial charge on any atom is -0.495 e. The molecule has 1 fully saturated rings. The number of ether oxygens (including phenoxy) is 1. The van der Waals surface area contributed by atoms with Crippen LogP contribution in [0.25, 0.3) is 0 Å². The van der Waals surface area contributed by atoms with Gasteiger partial charge in [0.05, 0.1) is 25.2 Å². The molecule has 0 unspecified atom stereocenters. The first-order valence-corrected chi connectivity index (χ1v) is 9.96. The van der Waals surface area contributed by atoms with Crippen molar-refractivity contribution < 1.29 is 18.7 Å². The molecule has 3 aromatic rings. The van der Waals surface area contributed by atoms with Crippen LogP contribution in [0, 0.1) is 12.7 Å². The van der Waals surface area contributed by atoms with Gasteiger partial charge >= 0.3 is 0 Å². The van der Waals surface area contributed by atoms with Crippen molar-refractivity contribution in [2.75, 3.05) is 17.7 Å². The number of nitrogens with one attached hydrogen (secondary N) is 2. The van der Waals surface area contributed by atoms with Gasteiger partial charge in [0.2, 0.25) is 0 Å². The molecule has 0 spiro atoms. The Kier molecular flexibility index (Phi) is 5.66. The highest BCUT2D eigenvalue weighted by Crippen LogP contribution is 2.40. The van der Waals surface area contributed by atoms with Gasteiger partial charge in [0.15, 0.2) is 0 Å². The number of hydrogen-bond donors (Lipinski definition) is 2. The minimum atomic E-state index is -0.426. The summed E-state index contributed by atoms with van der Waals surface area (Å²) >= 11 is 0. The van der Waals surface area contributed by atoms with Gasteiger partial charge in [-0.1, -0.05) is 6.07 Å². The number of carbonyl (C=O) groups is 2. The Labute approximate surface area is 179 Å². The van der Waals surface area contributed by atoms with Crippen molar-refractivity contribution >= 4 is 23.2 Å². The molecule has 1 aliphatic rings. The molecular formula is C24H22FN3O3. The Bertz CT molecular complexity index is 1160. The summed E-state index contributed by atoms with van der Waals surface area (Å²) in [6, 6.07) is 11.1. The largest absolute Gasteiger partial charge is 0.495 e. The van der Waals surface area contributed by atoms with E-state index in [0.717, 1.165) is 24.0 Å². The number of aromatic nitrogens is 1. The highest BCUT2D eigenvalue weighted by atomic mass is 19.1. The lowest BCUT2D eigenvalue weighted by Crippen LogP contribution is -2.16. The van der Waals surface area contributed by atoms with Crippen LogP contribution >= 0.6 is 0 Å². The average molecular weight is 419 g/mol. The van der Waals surface area contributed by atoms with E-state index in [-0.39, 0.29) is 11.5 Å². The SMILES string of the molecule is COc1cncc(NC(=O)c2cc(NC(=O)c3cc(F)cc(C4CC4)c3)ccc2C)c1. The standard InChI is InChI=1S/C24H22FN3O3/c1-14-3-6-19(11-22(14)24(30)28-20-10-21(31-2)13-26-12-20)27-23(29)17-7-16(15-4-5-15)8-18(25)9-17/h3,6-13,15H,4-5H2,1-2H3,(H,27,29)(H,28,30). The number of nitrogens with zero attached hydrogens (tertiary/aromatic N) is 1. The monoisotopic (exact) mass is 419 g/mol. The molecule has 1 saturated carbocycles. The third-order valence-corrected chi connectivity index (χ3v) is 5.18. The molecule has 1 aliphatic carbocycles.